The minimum absolute atomic E-state index is 0.163. The van der Waals surface area contributed by atoms with Gasteiger partial charge < -0.3 is 4.74 Å². The number of carbonyl (C=O) groups excluding carboxylic acids is 1. The molecule has 1 aromatic carbocycles. The van der Waals surface area contributed by atoms with Crippen molar-refractivity contribution in [1.82, 2.24) is 4.98 Å². The molecule has 2 aromatic heterocycles. The zero-order valence-electron chi connectivity index (χ0n) is 16.9. The van der Waals surface area contributed by atoms with E-state index in [9.17, 15) is 4.79 Å². The van der Waals surface area contributed by atoms with Gasteiger partial charge in [0.15, 0.2) is 5.75 Å². The highest BCUT2D eigenvalue weighted by molar-refractivity contribution is 7.19. The van der Waals surface area contributed by atoms with Crippen LogP contribution >= 0.6 is 11.3 Å². The first-order valence-corrected chi connectivity index (χ1v) is 11.1. The number of benzene rings is 1. The Bertz CT molecular complexity index is 1030. The van der Waals surface area contributed by atoms with Gasteiger partial charge in [0.05, 0.1) is 5.69 Å². The van der Waals surface area contributed by atoms with Crippen LogP contribution in [0, 0.1) is 13.8 Å². The molecule has 0 amide bonds. The summed E-state index contributed by atoms with van der Waals surface area (Å²) in [5.41, 5.74) is 5.58. The van der Waals surface area contributed by atoms with Gasteiger partial charge in [-0.3, -0.25) is 4.79 Å². The van der Waals surface area contributed by atoms with Crippen LogP contribution in [-0.2, 0) is 17.6 Å². The summed E-state index contributed by atoms with van der Waals surface area (Å²) in [6.07, 6.45) is 6.96. The third-order valence-corrected chi connectivity index (χ3v) is 6.67. The standard InChI is InChI=1S/C24H27NO2S/c1-4-5-13-20(26)27-23-16(3)25-24-22(18-11-6-7-12-19(18)28-24)21(23)17-10-8-9-15(2)14-17/h8-10,14H,4-7,11-13H2,1-3H3. The van der Waals surface area contributed by atoms with Crippen molar-refractivity contribution in [2.45, 2.75) is 65.7 Å². The number of ether oxygens (including phenoxy) is 1. The molecule has 0 N–H and O–H groups in total. The van der Waals surface area contributed by atoms with E-state index >= 15 is 0 Å². The molecule has 0 unspecified atom stereocenters. The summed E-state index contributed by atoms with van der Waals surface area (Å²) in [7, 11) is 0. The van der Waals surface area contributed by atoms with Gasteiger partial charge in [0.25, 0.3) is 0 Å². The van der Waals surface area contributed by atoms with Crippen LogP contribution in [0.25, 0.3) is 21.3 Å². The number of carbonyl (C=O) groups is 1. The van der Waals surface area contributed by atoms with E-state index in [2.05, 4.69) is 38.1 Å². The molecular weight excluding hydrogens is 366 g/mol. The molecule has 146 valence electrons. The largest absolute Gasteiger partial charge is 0.424 e. The van der Waals surface area contributed by atoms with Crippen LogP contribution in [0.3, 0.4) is 0 Å². The number of unbranched alkanes of at least 4 members (excludes halogenated alkanes) is 1. The van der Waals surface area contributed by atoms with Gasteiger partial charge in [0.2, 0.25) is 0 Å². The molecule has 4 rings (SSSR count). The van der Waals surface area contributed by atoms with Gasteiger partial charge in [-0.25, -0.2) is 4.98 Å². The Kier molecular flexibility index (Phi) is 5.49. The molecule has 0 saturated carbocycles. The minimum atomic E-state index is -0.163. The fourth-order valence-corrected chi connectivity index (χ4v) is 5.39. The molecule has 0 atom stereocenters. The van der Waals surface area contributed by atoms with Gasteiger partial charge in [-0.05, 0) is 57.1 Å². The van der Waals surface area contributed by atoms with E-state index in [1.807, 2.05) is 18.3 Å². The van der Waals surface area contributed by atoms with Gasteiger partial charge in [-0.2, -0.15) is 0 Å². The molecule has 0 spiro atoms. The molecule has 0 bridgehead atoms. The summed E-state index contributed by atoms with van der Waals surface area (Å²) in [6.45, 7) is 6.15. The lowest BCUT2D eigenvalue weighted by Crippen LogP contribution is -2.10. The third-order valence-electron chi connectivity index (χ3n) is 5.48. The second kappa shape index (κ2) is 8.04. The van der Waals surface area contributed by atoms with Gasteiger partial charge in [0, 0.05) is 22.2 Å². The Balaban J connectivity index is 1.95. The summed E-state index contributed by atoms with van der Waals surface area (Å²) in [5, 5.41) is 1.20. The van der Waals surface area contributed by atoms with E-state index < -0.39 is 0 Å². The fourth-order valence-electron chi connectivity index (χ4n) is 4.07. The first-order valence-electron chi connectivity index (χ1n) is 10.3. The Morgan fingerprint density at radius 3 is 2.82 bits per heavy atom. The predicted octanol–water partition coefficient (Wildman–Crippen LogP) is 6.55. The second-order valence-corrected chi connectivity index (χ2v) is 8.82. The lowest BCUT2D eigenvalue weighted by atomic mass is 9.91. The number of pyridine rings is 1. The molecule has 28 heavy (non-hydrogen) atoms. The molecule has 3 nitrogen and oxygen atoms in total. The second-order valence-electron chi connectivity index (χ2n) is 7.74. The molecule has 0 fully saturated rings. The fraction of sp³-hybridized carbons (Fsp3) is 0.417. The van der Waals surface area contributed by atoms with Crippen LogP contribution in [0.5, 0.6) is 5.75 Å². The monoisotopic (exact) mass is 393 g/mol. The van der Waals surface area contributed by atoms with Gasteiger partial charge >= 0.3 is 5.97 Å². The van der Waals surface area contributed by atoms with E-state index in [4.69, 9.17) is 9.72 Å². The number of aryl methyl sites for hydroxylation is 4. The van der Waals surface area contributed by atoms with Crippen molar-refractivity contribution < 1.29 is 9.53 Å². The molecule has 2 heterocycles. The predicted molar refractivity (Wildman–Crippen MR) is 116 cm³/mol. The Morgan fingerprint density at radius 1 is 1.21 bits per heavy atom. The number of aromatic nitrogens is 1. The molecule has 0 saturated heterocycles. The van der Waals surface area contributed by atoms with Crippen LogP contribution in [0.1, 0.15) is 60.7 Å². The van der Waals surface area contributed by atoms with Crippen molar-refractivity contribution in [2.75, 3.05) is 0 Å². The van der Waals surface area contributed by atoms with E-state index in [-0.39, 0.29) is 5.97 Å². The molecule has 4 heteroatoms. The summed E-state index contributed by atoms with van der Waals surface area (Å²) in [6, 6.07) is 8.49. The van der Waals surface area contributed by atoms with E-state index in [1.54, 1.807) is 0 Å². The molecule has 3 aromatic rings. The molecule has 0 radical (unpaired) electrons. The molecule has 1 aliphatic rings. The summed E-state index contributed by atoms with van der Waals surface area (Å²) < 4.78 is 5.94. The van der Waals surface area contributed by atoms with Gasteiger partial charge in [-0.15, -0.1) is 11.3 Å². The Labute approximate surface area is 170 Å². The number of fused-ring (bicyclic) bond motifs is 3. The van der Waals surface area contributed by atoms with E-state index in [1.165, 1.54) is 34.2 Å². The van der Waals surface area contributed by atoms with Crippen LogP contribution < -0.4 is 4.74 Å². The molecule has 1 aliphatic carbocycles. The van der Waals surface area contributed by atoms with Crippen molar-refractivity contribution in [3.8, 4) is 16.9 Å². The van der Waals surface area contributed by atoms with Crippen LogP contribution in [0.4, 0.5) is 0 Å². The quantitative estimate of drug-likeness (QED) is 0.461. The first-order chi connectivity index (χ1) is 13.6. The summed E-state index contributed by atoms with van der Waals surface area (Å²) >= 11 is 1.82. The van der Waals surface area contributed by atoms with Gasteiger partial charge in [0.1, 0.15) is 4.83 Å². The van der Waals surface area contributed by atoms with Crippen molar-refractivity contribution >= 4 is 27.5 Å². The normalized spacial score (nSPS) is 13.5. The Hall–Kier alpha value is -2.20. The highest BCUT2D eigenvalue weighted by atomic mass is 32.1. The number of hydrogen-bond acceptors (Lipinski definition) is 4. The van der Waals surface area contributed by atoms with Crippen molar-refractivity contribution in [1.29, 1.82) is 0 Å². The average Bonchev–Trinajstić information content (AvgIpc) is 3.04. The van der Waals surface area contributed by atoms with Crippen LogP contribution in [0.15, 0.2) is 24.3 Å². The average molecular weight is 394 g/mol. The van der Waals surface area contributed by atoms with Gasteiger partial charge in [-0.1, -0.05) is 43.2 Å². The van der Waals surface area contributed by atoms with Crippen molar-refractivity contribution in [3.05, 3.63) is 46.0 Å². The summed E-state index contributed by atoms with van der Waals surface area (Å²) in [4.78, 5) is 19.9. The number of esters is 1. The van der Waals surface area contributed by atoms with E-state index in [0.717, 1.165) is 47.3 Å². The number of hydrogen-bond donors (Lipinski definition) is 0. The number of rotatable bonds is 5. The third kappa shape index (κ3) is 3.58. The highest BCUT2D eigenvalue weighted by Crippen LogP contribution is 2.46. The minimum Gasteiger partial charge on any atom is -0.424 e. The summed E-state index contributed by atoms with van der Waals surface area (Å²) in [5.74, 6) is 0.481. The Morgan fingerprint density at radius 2 is 2.04 bits per heavy atom. The highest BCUT2D eigenvalue weighted by Gasteiger charge is 2.25. The van der Waals surface area contributed by atoms with Crippen LogP contribution in [0.2, 0.25) is 0 Å². The van der Waals surface area contributed by atoms with Crippen molar-refractivity contribution in [2.24, 2.45) is 0 Å². The number of nitrogens with zero attached hydrogens (tertiary/aromatic N) is 1. The zero-order chi connectivity index (χ0) is 19.7. The lowest BCUT2D eigenvalue weighted by Gasteiger charge is -2.17. The smallest absolute Gasteiger partial charge is 0.311 e. The van der Waals surface area contributed by atoms with E-state index in [0.29, 0.717) is 12.2 Å². The van der Waals surface area contributed by atoms with Crippen molar-refractivity contribution in [3.63, 3.8) is 0 Å². The SMILES string of the molecule is CCCCC(=O)Oc1c(C)nc2sc3c(c2c1-c1cccc(C)c1)CCCC3. The molecule has 0 aliphatic heterocycles. The van der Waals surface area contributed by atoms with Crippen LogP contribution in [-0.4, -0.2) is 11.0 Å². The lowest BCUT2D eigenvalue weighted by molar-refractivity contribution is -0.134. The first kappa shape index (κ1) is 19.1. The molecular formula is C24H27NO2S. The number of thiophene rings is 1. The maximum atomic E-state index is 12.5. The maximum Gasteiger partial charge on any atom is 0.311 e. The zero-order valence-corrected chi connectivity index (χ0v) is 17.7. The maximum absolute atomic E-state index is 12.5. The topological polar surface area (TPSA) is 39.2 Å².